The first-order valence-corrected chi connectivity index (χ1v) is 10.2. The summed E-state index contributed by atoms with van der Waals surface area (Å²) in [7, 11) is 0. The van der Waals surface area contributed by atoms with E-state index in [2.05, 4.69) is 11.8 Å². The van der Waals surface area contributed by atoms with E-state index in [0.29, 0.717) is 50.9 Å². The van der Waals surface area contributed by atoms with E-state index in [4.69, 9.17) is 21.1 Å². The van der Waals surface area contributed by atoms with E-state index in [1.807, 2.05) is 24.3 Å². The highest BCUT2D eigenvalue weighted by atomic mass is 35.5. The molecule has 0 radical (unpaired) electrons. The van der Waals surface area contributed by atoms with Gasteiger partial charge in [0.25, 0.3) is 11.6 Å². The largest absolute Gasteiger partial charge is 0.486 e. The zero-order valence-electron chi connectivity index (χ0n) is 16.5. The minimum Gasteiger partial charge on any atom is -0.486 e. The van der Waals surface area contributed by atoms with Crippen LogP contribution in [0.1, 0.15) is 28.9 Å². The molecule has 0 N–H and O–H groups in total. The first-order valence-electron chi connectivity index (χ1n) is 9.81. The third-order valence-corrected chi connectivity index (χ3v) is 5.94. The van der Waals surface area contributed by atoms with Crippen molar-refractivity contribution in [2.45, 2.75) is 13.0 Å². The van der Waals surface area contributed by atoms with E-state index in [1.54, 1.807) is 4.90 Å². The van der Waals surface area contributed by atoms with Crippen LogP contribution in [-0.4, -0.2) is 60.0 Å². The number of nitro groups is 1. The molecule has 0 spiro atoms. The number of nitrogens with zero attached hydrogens (tertiary/aromatic N) is 3. The first-order chi connectivity index (χ1) is 14.5. The van der Waals surface area contributed by atoms with Gasteiger partial charge in [0.2, 0.25) is 0 Å². The zero-order valence-corrected chi connectivity index (χ0v) is 17.3. The maximum absolute atomic E-state index is 13.1. The molecule has 8 nitrogen and oxygen atoms in total. The van der Waals surface area contributed by atoms with Gasteiger partial charge in [-0.3, -0.25) is 19.8 Å². The topological polar surface area (TPSA) is 85.2 Å². The van der Waals surface area contributed by atoms with Crippen LogP contribution in [0.4, 0.5) is 5.69 Å². The van der Waals surface area contributed by atoms with E-state index in [9.17, 15) is 14.9 Å². The summed E-state index contributed by atoms with van der Waals surface area (Å²) in [5.74, 6) is 0.285. The van der Waals surface area contributed by atoms with E-state index in [1.165, 1.54) is 12.1 Å². The average molecular weight is 432 g/mol. The number of carbonyl (C=O) groups excluding carboxylic acids is 1. The number of carbonyl (C=O) groups is 1. The van der Waals surface area contributed by atoms with Crippen molar-refractivity contribution in [2.24, 2.45) is 0 Å². The smallest absolute Gasteiger partial charge is 0.286 e. The Kier molecular flexibility index (Phi) is 5.78. The lowest BCUT2D eigenvalue weighted by Crippen LogP contribution is -2.49. The number of nitro benzene ring substituents is 1. The second-order valence-electron chi connectivity index (χ2n) is 7.30. The maximum atomic E-state index is 13.1. The number of benzene rings is 2. The van der Waals surface area contributed by atoms with Crippen LogP contribution >= 0.6 is 11.6 Å². The fourth-order valence-electron chi connectivity index (χ4n) is 3.89. The summed E-state index contributed by atoms with van der Waals surface area (Å²) in [6, 6.07) is 10.5. The van der Waals surface area contributed by atoms with Gasteiger partial charge in [0.05, 0.1) is 11.0 Å². The molecular formula is C21H22ClN3O5. The molecule has 4 rings (SSSR count). The van der Waals surface area contributed by atoms with E-state index in [-0.39, 0.29) is 23.2 Å². The van der Waals surface area contributed by atoms with Crippen LogP contribution in [0.25, 0.3) is 0 Å². The Balaban J connectivity index is 1.49. The van der Waals surface area contributed by atoms with Crippen molar-refractivity contribution in [3.05, 3.63) is 62.7 Å². The van der Waals surface area contributed by atoms with Crippen LogP contribution in [0.3, 0.4) is 0 Å². The Morgan fingerprint density at radius 1 is 1.10 bits per heavy atom. The molecule has 0 aliphatic carbocycles. The van der Waals surface area contributed by atoms with Crippen molar-refractivity contribution < 1.29 is 19.2 Å². The van der Waals surface area contributed by atoms with Crippen LogP contribution in [0.5, 0.6) is 11.5 Å². The first kappa shape index (κ1) is 20.4. The second kappa shape index (κ2) is 8.49. The highest BCUT2D eigenvalue weighted by Gasteiger charge is 2.32. The number of piperazine rings is 1. The predicted molar refractivity (Wildman–Crippen MR) is 111 cm³/mol. The Morgan fingerprint density at radius 2 is 1.73 bits per heavy atom. The van der Waals surface area contributed by atoms with E-state index in [0.717, 1.165) is 10.6 Å². The van der Waals surface area contributed by atoms with Crippen molar-refractivity contribution in [3.63, 3.8) is 0 Å². The van der Waals surface area contributed by atoms with Gasteiger partial charge in [-0.15, -0.1) is 0 Å². The SMILES string of the molecule is CC(c1ccccc1Cl)N1CCN(C(=O)c2cc3c(cc2[N+](=O)[O-])OCCO3)CC1. The number of hydrogen-bond donors (Lipinski definition) is 0. The quantitative estimate of drug-likeness (QED) is 0.543. The summed E-state index contributed by atoms with van der Waals surface area (Å²) < 4.78 is 10.9. The molecule has 1 saturated heterocycles. The molecule has 158 valence electrons. The fourth-order valence-corrected chi connectivity index (χ4v) is 4.19. The summed E-state index contributed by atoms with van der Waals surface area (Å²) in [5, 5.41) is 12.3. The molecule has 1 amide bonds. The summed E-state index contributed by atoms with van der Waals surface area (Å²) in [6.45, 7) is 5.00. The van der Waals surface area contributed by atoms with Gasteiger partial charge in [0, 0.05) is 43.3 Å². The minimum absolute atomic E-state index is 0.0249. The third kappa shape index (κ3) is 3.93. The lowest BCUT2D eigenvalue weighted by Gasteiger charge is -2.38. The third-order valence-electron chi connectivity index (χ3n) is 5.59. The van der Waals surface area contributed by atoms with E-state index >= 15 is 0 Å². The molecule has 2 aliphatic heterocycles. The summed E-state index contributed by atoms with van der Waals surface area (Å²) in [5.41, 5.74) is 0.800. The highest BCUT2D eigenvalue weighted by molar-refractivity contribution is 6.31. The molecule has 2 aliphatic rings. The Morgan fingerprint density at radius 3 is 2.37 bits per heavy atom. The lowest BCUT2D eigenvalue weighted by atomic mass is 10.1. The predicted octanol–water partition coefficient (Wildman–Crippen LogP) is 3.54. The van der Waals surface area contributed by atoms with Crippen LogP contribution in [0, 0.1) is 10.1 Å². The zero-order chi connectivity index (χ0) is 21.3. The van der Waals surface area contributed by atoms with Gasteiger partial charge in [-0.25, -0.2) is 0 Å². The average Bonchev–Trinajstić information content (AvgIpc) is 2.77. The van der Waals surface area contributed by atoms with Crippen molar-refractivity contribution in [1.82, 2.24) is 9.80 Å². The van der Waals surface area contributed by atoms with Gasteiger partial charge >= 0.3 is 0 Å². The van der Waals surface area contributed by atoms with Crippen molar-refractivity contribution >= 4 is 23.2 Å². The summed E-state index contributed by atoms with van der Waals surface area (Å²) >= 11 is 6.33. The molecule has 1 unspecified atom stereocenters. The number of ether oxygens (including phenoxy) is 2. The molecule has 30 heavy (non-hydrogen) atoms. The molecule has 1 fully saturated rings. The number of hydrogen-bond acceptors (Lipinski definition) is 6. The highest BCUT2D eigenvalue weighted by Crippen LogP contribution is 2.37. The molecule has 2 aromatic carbocycles. The monoisotopic (exact) mass is 431 g/mol. The maximum Gasteiger partial charge on any atom is 0.286 e. The number of amides is 1. The van der Waals surface area contributed by atoms with Gasteiger partial charge in [0.15, 0.2) is 11.5 Å². The van der Waals surface area contributed by atoms with Crippen LogP contribution in [-0.2, 0) is 0 Å². The normalized spacial score (nSPS) is 17.5. The van der Waals surface area contributed by atoms with Gasteiger partial charge < -0.3 is 14.4 Å². The van der Waals surface area contributed by atoms with Crippen molar-refractivity contribution in [1.29, 1.82) is 0 Å². The molecule has 0 saturated carbocycles. The standard InChI is InChI=1S/C21H22ClN3O5/c1-14(15-4-2-3-5-17(15)22)23-6-8-24(9-7-23)21(26)16-12-19-20(30-11-10-29-19)13-18(16)25(27)28/h2-5,12-14H,6-11H2,1H3. The number of fused-ring (bicyclic) bond motifs is 1. The van der Waals surface area contributed by atoms with Crippen molar-refractivity contribution in [2.75, 3.05) is 39.4 Å². The summed E-state index contributed by atoms with van der Waals surface area (Å²) in [4.78, 5) is 28.0. The Hall–Kier alpha value is -2.84. The lowest BCUT2D eigenvalue weighted by molar-refractivity contribution is -0.385. The Bertz CT molecular complexity index is 975. The van der Waals surface area contributed by atoms with Gasteiger partial charge in [0.1, 0.15) is 18.8 Å². The van der Waals surface area contributed by atoms with Gasteiger partial charge in [-0.2, -0.15) is 0 Å². The van der Waals surface area contributed by atoms with Gasteiger partial charge in [-0.1, -0.05) is 29.8 Å². The molecule has 2 aromatic rings. The van der Waals surface area contributed by atoms with Gasteiger partial charge in [-0.05, 0) is 18.6 Å². The van der Waals surface area contributed by atoms with Crippen LogP contribution < -0.4 is 9.47 Å². The Labute approximate surface area is 179 Å². The molecule has 9 heteroatoms. The molecule has 1 atom stereocenters. The summed E-state index contributed by atoms with van der Waals surface area (Å²) in [6.07, 6.45) is 0. The second-order valence-corrected chi connectivity index (χ2v) is 7.70. The minimum atomic E-state index is -0.554. The molecular weight excluding hydrogens is 410 g/mol. The molecule has 2 heterocycles. The number of rotatable bonds is 4. The van der Waals surface area contributed by atoms with Crippen LogP contribution in [0.2, 0.25) is 5.02 Å². The van der Waals surface area contributed by atoms with Crippen molar-refractivity contribution in [3.8, 4) is 11.5 Å². The number of halogens is 1. The molecule has 0 bridgehead atoms. The van der Waals surface area contributed by atoms with Crippen LogP contribution in [0.15, 0.2) is 36.4 Å². The molecule has 0 aromatic heterocycles. The van der Waals surface area contributed by atoms with E-state index < -0.39 is 4.92 Å². The fraction of sp³-hybridized carbons (Fsp3) is 0.381.